The van der Waals surface area contributed by atoms with Gasteiger partial charge in [-0.15, -0.1) is 5.11 Å². The van der Waals surface area contributed by atoms with Crippen molar-refractivity contribution < 1.29 is 9.84 Å². The molecule has 3 N–H and O–H groups in total. The lowest BCUT2D eigenvalue weighted by Crippen LogP contribution is -2.14. The zero-order valence-corrected chi connectivity index (χ0v) is 15.7. The maximum Gasteiger partial charge on any atom is 0.170 e. The molecule has 0 radical (unpaired) electrons. The lowest BCUT2D eigenvalue weighted by atomic mass is 9.98. The Kier molecular flexibility index (Phi) is 5.42. The number of anilines is 1. The summed E-state index contributed by atoms with van der Waals surface area (Å²) in [6.45, 7) is 9.52. The van der Waals surface area contributed by atoms with Crippen LogP contribution in [0.4, 0.5) is 17.2 Å². The number of rotatable bonds is 5. The predicted octanol–water partition coefficient (Wildman–Crippen LogP) is 4.75. The molecule has 0 aliphatic rings. The lowest BCUT2D eigenvalue weighted by Gasteiger charge is -2.17. The normalized spacial score (nSPS) is 12.2. The van der Waals surface area contributed by atoms with Gasteiger partial charge in [-0.25, -0.2) is 4.98 Å². The van der Waals surface area contributed by atoms with Crippen LogP contribution in [-0.4, -0.2) is 17.2 Å². The average Bonchev–Trinajstić information content (AvgIpc) is 2.52. The number of aliphatic hydroxyl groups is 1. The fourth-order valence-electron chi connectivity index (χ4n) is 2.73. The van der Waals surface area contributed by atoms with Crippen LogP contribution in [0.15, 0.2) is 34.5 Å². The van der Waals surface area contributed by atoms with Crippen molar-refractivity contribution in [2.24, 2.45) is 10.2 Å². The molecule has 0 bridgehead atoms. The molecule has 6 nitrogen and oxygen atoms in total. The van der Waals surface area contributed by atoms with Gasteiger partial charge in [0, 0.05) is 11.3 Å². The highest BCUT2D eigenvalue weighted by molar-refractivity contribution is 5.70. The van der Waals surface area contributed by atoms with Crippen molar-refractivity contribution >= 4 is 17.2 Å². The Morgan fingerprint density at radius 2 is 1.76 bits per heavy atom. The van der Waals surface area contributed by atoms with Gasteiger partial charge in [-0.05, 0) is 44.4 Å². The average molecular weight is 342 g/mol. The number of aryl methyl sites for hydroxylation is 1. The van der Waals surface area contributed by atoms with Gasteiger partial charge in [0.15, 0.2) is 17.3 Å². The summed E-state index contributed by atoms with van der Waals surface area (Å²) in [5.41, 5.74) is 8.84. The van der Waals surface area contributed by atoms with Crippen LogP contribution in [0, 0.1) is 6.92 Å². The maximum absolute atomic E-state index is 10.0. The molecule has 25 heavy (non-hydrogen) atoms. The molecule has 2 aromatic rings. The Labute approximate surface area is 148 Å². The first kappa shape index (κ1) is 18.9. The summed E-state index contributed by atoms with van der Waals surface area (Å²) < 4.78 is 5.54. The molecule has 0 aliphatic carbocycles. The maximum atomic E-state index is 10.0. The number of nitrogens with zero attached hydrogens (tertiary/aromatic N) is 3. The first-order valence-corrected chi connectivity index (χ1v) is 8.23. The van der Waals surface area contributed by atoms with Gasteiger partial charge < -0.3 is 15.6 Å². The van der Waals surface area contributed by atoms with Crippen LogP contribution in [0.1, 0.15) is 50.4 Å². The summed E-state index contributed by atoms with van der Waals surface area (Å²) >= 11 is 0. The topological polar surface area (TPSA) is 93.1 Å². The molecule has 0 aliphatic heterocycles. The number of hydrogen-bond acceptors (Lipinski definition) is 6. The van der Waals surface area contributed by atoms with Gasteiger partial charge in [-0.1, -0.05) is 26.0 Å². The Bertz CT molecular complexity index is 775. The van der Waals surface area contributed by atoms with E-state index in [0.29, 0.717) is 17.1 Å². The fraction of sp³-hybridized carbons (Fsp3) is 0.421. The first-order chi connectivity index (χ1) is 11.6. The van der Waals surface area contributed by atoms with Crippen LogP contribution in [0.5, 0.6) is 5.75 Å². The molecule has 0 saturated heterocycles. The standard InChI is InChI=1S/C19H26N4O2/c1-11(2)15-12(3)21-18(20)16(17(15)25-6)23-22-14-9-7-13(8-10-14)19(4,5)24/h7-11,24H,1-6H3,(H2,20,21). The minimum Gasteiger partial charge on any atom is -0.494 e. The summed E-state index contributed by atoms with van der Waals surface area (Å²) in [6.07, 6.45) is 0. The molecule has 6 heteroatoms. The largest absolute Gasteiger partial charge is 0.494 e. The van der Waals surface area contributed by atoms with E-state index < -0.39 is 5.60 Å². The predicted molar refractivity (Wildman–Crippen MR) is 99.9 cm³/mol. The van der Waals surface area contributed by atoms with E-state index in [-0.39, 0.29) is 11.7 Å². The zero-order valence-electron chi connectivity index (χ0n) is 15.7. The van der Waals surface area contributed by atoms with Gasteiger partial charge in [0.2, 0.25) is 0 Å². The van der Waals surface area contributed by atoms with Crippen molar-refractivity contribution in [2.75, 3.05) is 12.8 Å². The minimum absolute atomic E-state index is 0.225. The number of aromatic nitrogens is 1. The fourth-order valence-corrected chi connectivity index (χ4v) is 2.73. The minimum atomic E-state index is -0.892. The Balaban J connectivity index is 2.43. The summed E-state index contributed by atoms with van der Waals surface area (Å²) in [5.74, 6) is 1.12. The van der Waals surface area contributed by atoms with Gasteiger partial charge in [0.05, 0.1) is 18.4 Å². The third kappa shape index (κ3) is 4.14. The molecule has 0 amide bonds. The number of ether oxygens (including phenoxy) is 1. The van der Waals surface area contributed by atoms with E-state index in [0.717, 1.165) is 16.8 Å². The smallest absolute Gasteiger partial charge is 0.170 e. The summed E-state index contributed by atoms with van der Waals surface area (Å²) in [6, 6.07) is 7.23. The molecule has 0 saturated carbocycles. The third-order valence-electron chi connectivity index (χ3n) is 4.00. The van der Waals surface area contributed by atoms with Crippen molar-refractivity contribution in [3.63, 3.8) is 0 Å². The number of pyridine rings is 1. The number of hydrogen-bond donors (Lipinski definition) is 2. The molecule has 1 aromatic carbocycles. The van der Waals surface area contributed by atoms with Crippen LogP contribution >= 0.6 is 0 Å². The SMILES string of the molecule is COc1c(N=Nc2ccc(C(C)(C)O)cc2)c(N)nc(C)c1C(C)C. The van der Waals surface area contributed by atoms with E-state index in [1.165, 1.54) is 0 Å². The molecule has 134 valence electrons. The molecule has 0 spiro atoms. The molecule has 1 aromatic heterocycles. The van der Waals surface area contributed by atoms with Gasteiger partial charge in [-0.2, -0.15) is 5.11 Å². The first-order valence-electron chi connectivity index (χ1n) is 8.23. The number of azo groups is 1. The summed E-state index contributed by atoms with van der Waals surface area (Å²) in [7, 11) is 1.59. The lowest BCUT2D eigenvalue weighted by molar-refractivity contribution is 0.0786. The molecule has 0 unspecified atom stereocenters. The summed E-state index contributed by atoms with van der Waals surface area (Å²) in [4.78, 5) is 4.37. The molecule has 1 heterocycles. The van der Waals surface area contributed by atoms with E-state index in [2.05, 4.69) is 29.1 Å². The number of nitrogen functional groups attached to an aromatic ring is 1. The van der Waals surface area contributed by atoms with Crippen LogP contribution in [-0.2, 0) is 5.60 Å². The van der Waals surface area contributed by atoms with E-state index in [4.69, 9.17) is 10.5 Å². The third-order valence-corrected chi connectivity index (χ3v) is 4.00. The van der Waals surface area contributed by atoms with Gasteiger partial charge in [0.1, 0.15) is 0 Å². The highest BCUT2D eigenvalue weighted by Gasteiger charge is 2.20. The molecule has 0 atom stereocenters. The van der Waals surface area contributed by atoms with Crippen molar-refractivity contribution in [1.82, 2.24) is 4.98 Å². The molecule has 0 fully saturated rings. The quantitative estimate of drug-likeness (QED) is 0.767. The van der Waals surface area contributed by atoms with Gasteiger partial charge in [-0.3, -0.25) is 0 Å². The Morgan fingerprint density at radius 1 is 1.16 bits per heavy atom. The molecule has 2 rings (SSSR count). The zero-order chi connectivity index (χ0) is 18.8. The highest BCUT2D eigenvalue weighted by Crippen LogP contribution is 2.41. The highest BCUT2D eigenvalue weighted by atomic mass is 16.5. The van der Waals surface area contributed by atoms with Crippen LogP contribution in [0.25, 0.3) is 0 Å². The van der Waals surface area contributed by atoms with Crippen LogP contribution in [0.3, 0.4) is 0 Å². The second-order valence-electron chi connectivity index (χ2n) is 6.84. The van der Waals surface area contributed by atoms with E-state index in [1.807, 2.05) is 19.1 Å². The number of benzene rings is 1. The molecular weight excluding hydrogens is 316 g/mol. The van der Waals surface area contributed by atoms with Crippen molar-refractivity contribution in [3.8, 4) is 5.75 Å². The molecular formula is C19H26N4O2. The van der Waals surface area contributed by atoms with Crippen molar-refractivity contribution in [3.05, 3.63) is 41.1 Å². The summed E-state index contributed by atoms with van der Waals surface area (Å²) in [5, 5.41) is 18.5. The van der Waals surface area contributed by atoms with E-state index in [9.17, 15) is 5.11 Å². The second kappa shape index (κ2) is 7.19. The van der Waals surface area contributed by atoms with E-state index in [1.54, 1.807) is 33.1 Å². The van der Waals surface area contributed by atoms with Crippen LogP contribution in [0.2, 0.25) is 0 Å². The second-order valence-corrected chi connectivity index (χ2v) is 6.84. The number of methoxy groups -OCH3 is 1. The van der Waals surface area contributed by atoms with Gasteiger partial charge in [0.25, 0.3) is 0 Å². The van der Waals surface area contributed by atoms with Crippen molar-refractivity contribution in [2.45, 2.75) is 46.1 Å². The van der Waals surface area contributed by atoms with Crippen molar-refractivity contribution in [1.29, 1.82) is 0 Å². The van der Waals surface area contributed by atoms with E-state index >= 15 is 0 Å². The van der Waals surface area contributed by atoms with Crippen LogP contribution < -0.4 is 10.5 Å². The number of nitrogens with two attached hydrogens (primary N) is 1. The van der Waals surface area contributed by atoms with Gasteiger partial charge >= 0.3 is 0 Å². The Morgan fingerprint density at radius 3 is 2.24 bits per heavy atom. The monoisotopic (exact) mass is 342 g/mol. The Hall–Kier alpha value is -2.47.